The highest BCUT2D eigenvalue weighted by molar-refractivity contribution is 6.09. The number of carbonyl (C=O) groups is 3. The van der Waals surface area contributed by atoms with E-state index in [1.807, 2.05) is 30.3 Å². The predicted octanol–water partition coefficient (Wildman–Crippen LogP) is 2.86. The maximum atomic E-state index is 13.2. The number of urea groups is 1. The molecule has 6 heteroatoms. The molecule has 2 heterocycles. The second-order valence-electron chi connectivity index (χ2n) is 8.90. The average molecular weight is 418 g/mol. The number of nitrogens with zero attached hydrogens (tertiary/aromatic N) is 2. The van der Waals surface area contributed by atoms with Gasteiger partial charge < -0.3 is 10.2 Å². The summed E-state index contributed by atoms with van der Waals surface area (Å²) in [5.74, 6) is 0.112. The van der Waals surface area contributed by atoms with Crippen LogP contribution in [0.15, 0.2) is 54.6 Å². The number of benzene rings is 2. The highest BCUT2D eigenvalue weighted by Gasteiger charge is 2.55. The van der Waals surface area contributed by atoms with Gasteiger partial charge >= 0.3 is 6.03 Å². The molecular weight excluding hydrogens is 390 g/mol. The minimum absolute atomic E-state index is 0.148. The first kappa shape index (κ1) is 19.8. The lowest BCUT2D eigenvalue weighted by atomic mass is 9.90. The standard InChI is InChI=1S/C25H27N3O3/c29-22(27-14-11-19(12-15-27)16-18-6-2-1-3-7-18)17-28-23(30)25(26-24(28)31)13-10-20-8-4-5-9-21(20)25/h1-9,19H,10-17H2,(H,26,31)/t25-/m1/s1. The number of hydrogen-bond acceptors (Lipinski definition) is 3. The zero-order chi connectivity index (χ0) is 21.4. The number of piperidine rings is 1. The Hall–Kier alpha value is -3.15. The second-order valence-corrected chi connectivity index (χ2v) is 8.90. The maximum Gasteiger partial charge on any atom is 0.325 e. The number of likely N-dealkylation sites (tertiary alicyclic amines) is 1. The molecule has 3 aliphatic rings. The van der Waals surface area contributed by atoms with Gasteiger partial charge in [0.15, 0.2) is 0 Å². The third-order valence-electron chi connectivity index (χ3n) is 7.05. The van der Waals surface area contributed by atoms with Gasteiger partial charge in [-0.15, -0.1) is 0 Å². The molecule has 5 rings (SSSR count). The Bertz CT molecular complexity index is 1010. The summed E-state index contributed by atoms with van der Waals surface area (Å²) < 4.78 is 0. The maximum absolute atomic E-state index is 13.2. The van der Waals surface area contributed by atoms with Gasteiger partial charge in [0, 0.05) is 13.1 Å². The third-order valence-corrected chi connectivity index (χ3v) is 7.05. The molecule has 1 spiro atoms. The van der Waals surface area contributed by atoms with Gasteiger partial charge in [0.2, 0.25) is 5.91 Å². The van der Waals surface area contributed by atoms with E-state index in [0.29, 0.717) is 25.4 Å². The van der Waals surface area contributed by atoms with E-state index in [1.165, 1.54) is 5.56 Å². The number of hydrogen-bond donors (Lipinski definition) is 1. The molecule has 1 atom stereocenters. The van der Waals surface area contributed by atoms with Crippen LogP contribution in [0.25, 0.3) is 0 Å². The summed E-state index contributed by atoms with van der Waals surface area (Å²) in [7, 11) is 0. The quantitative estimate of drug-likeness (QED) is 0.778. The Labute approximate surface area is 182 Å². The number of rotatable bonds is 4. The number of carbonyl (C=O) groups excluding carboxylic acids is 3. The molecule has 31 heavy (non-hydrogen) atoms. The number of amides is 4. The van der Waals surface area contributed by atoms with Crippen LogP contribution < -0.4 is 5.32 Å². The molecule has 2 aromatic rings. The Morgan fingerprint density at radius 2 is 1.71 bits per heavy atom. The molecule has 1 N–H and O–H groups in total. The molecule has 2 saturated heterocycles. The van der Waals surface area contributed by atoms with E-state index in [1.54, 1.807) is 4.90 Å². The Balaban J connectivity index is 1.21. The van der Waals surface area contributed by atoms with Gasteiger partial charge in [0.05, 0.1) is 0 Å². The van der Waals surface area contributed by atoms with Crippen molar-refractivity contribution < 1.29 is 14.4 Å². The SMILES string of the molecule is O=C(CN1C(=O)N[C@@]2(CCc3ccccc32)C1=O)N1CCC(Cc2ccccc2)CC1. The lowest BCUT2D eigenvalue weighted by Gasteiger charge is -2.33. The van der Waals surface area contributed by atoms with Crippen LogP contribution in [0.1, 0.15) is 36.0 Å². The van der Waals surface area contributed by atoms with E-state index in [9.17, 15) is 14.4 Å². The highest BCUT2D eigenvalue weighted by Crippen LogP contribution is 2.41. The van der Waals surface area contributed by atoms with Crippen LogP contribution >= 0.6 is 0 Å². The Kier molecular flexibility index (Phi) is 5.00. The van der Waals surface area contributed by atoms with Crippen molar-refractivity contribution >= 4 is 17.8 Å². The van der Waals surface area contributed by atoms with E-state index in [2.05, 4.69) is 29.6 Å². The normalized spacial score (nSPS) is 23.4. The largest absolute Gasteiger partial charge is 0.341 e. The molecule has 160 valence electrons. The van der Waals surface area contributed by atoms with E-state index in [0.717, 1.165) is 41.7 Å². The van der Waals surface area contributed by atoms with Gasteiger partial charge in [0.1, 0.15) is 12.1 Å². The highest BCUT2D eigenvalue weighted by atomic mass is 16.2. The molecular formula is C25H27N3O3. The van der Waals surface area contributed by atoms with Crippen LogP contribution in [-0.2, 0) is 28.0 Å². The topological polar surface area (TPSA) is 69.7 Å². The molecule has 2 aliphatic heterocycles. The predicted molar refractivity (Wildman–Crippen MR) is 116 cm³/mol. The van der Waals surface area contributed by atoms with Gasteiger partial charge in [-0.3, -0.25) is 14.5 Å². The summed E-state index contributed by atoms with van der Waals surface area (Å²) in [6.45, 7) is 1.17. The van der Waals surface area contributed by atoms with Crippen LogP contribution in [-0.4, -0.2) is 47.3 Å². The number of fused-ring (bicyclic) bond motifs is 2. The number of imide groups is 1. The lowest BCUT2D eigenvalue weighted by Crippen LogP contribution is -2.47. The van der Waals surface area contributed by atoms with Crippen molar-refractivity contribution in [3.63, 3.8) is 0 Å². The molecule has 0 saturated carbocycles. The van der Waals surface area contributed by atoms with Crippen molar-refractivity contribution in [2.75, 3.05) is 19.6 Å². The van der Waals surface area contributed by atoms with Crippen LogP contribution in [0.5, 0.6) is 0 Å². The number of aryl methyl sites for hydroxylation is 1. The first-order valence-electron chi connectivity index (χ1n) is 11.1. The van der Waals surface area contributed by atoms with Crippen molar-refractivity contribution in [2.45, 2.75) is 37.6 Å². The molecule has 0 bridgehead atoms. The van der Waals surface area contributed by atoms with Crippen molar-refractivity contribution in [1.82, 2.24) is 15.1 Å². The molecule has 0 unspecified atom stereocenters. The van der Waals surface area contributed by atoms with Crippen molar-refractivity contribution in [3.8, 4) is 0 Å². The van der Waals surface area contributed by atoms with Gasteiger partial charge in [-0.2, -0.15) is 0 Å². The summed E-state index contributed by atoms with van der Waals surface area (Å²) in [6.07, 6.45) is 4.21. The summed E-state index contributed by atoms with van der Waals surface area (Å²) >= 11 is 0. The van der Waals surface area contributed by atoms with Gasteiger partial charge in [-0.1, -0.05) is 54.6 Å². The van der Waals surface area contributed by atoms with Crippen molar-refractivity contribution in [3.05, 3.63) is 71.3 Å². The van der Waals surface area contributed by atoms with E-state index in [-0.39, 0.29) is 18.4 Å². The minimum atomic E-state index is -1.00. The molecule has 1 aliphatic carbocycles. The van der Waals surface area contributed by atoms with Crippen LogP contribution in [0, 0.1) is 5.92 Å². The van der Waals surface area contributed by atoms with Gasteiger partial charge in [-0.25, -0.2) is 4.79 Å². The summed E-state index contributed by atoms with van der Waals surface area (Å²) in [4.78, 5) is 41.7. The first-order valence-corrected chi connectivity index (χ1v) is 11.1. The van der Waals surface area contributed by atoms with Gasteiger partial charge in [-0.05, 0) is 54.7 Å². The van der Waals surface area contributed by atoms with Gasteiger partial charge in [0.25, 0.3) is 5.91 Å². The summed E-state index contributed by atoms with van der Waals surface area (Å²) in [5.41, 5.74) is 2.28. The Morgan fingerprint density at radius 3 is 2.48 bits per heavy atom. The monoisotopic (exact) mass is 417 g/mol. The fourth-order valence-electron chi connectivity index (χ4n) is 5.30. The van der Waals surface area contributed by atoms with Crippen molar-refractivity contribution in [1.29, 1.82) is 0 Å². The average Bonchev–Trinajstić information content (AvgIpc) is 3.28. The first-order chi connectivity index (χ1) is 15.1. The molecule has 0 aromatic heterocycles. The second kappa shape index (κ2) is 7.84. The molecule has 6 nitrogen and oxygen atoms in total. The number of nitrogens with one attached hydrogen (secondary N) is 1. The Morgan fingerprint density at radius 1 is 1.00 bits per heavy atom. The van der Waals surface area contributed by atoms with E-state index < -0.39 is 11.6 Å². The van der Waals surface area contributed by atoms with Crippen LogP contribution in [0.2, 0.25) is 0 Å². The zero-order valence-electron chi connectivity index (χ0n) is 17.5. The van der Waals surface area contributed by atoms with Crippen LogP contribution in [0.4, 0.5) is 4.79 Å². The molecule has 0 radical (unpaired) electrons. The fraction of sp³-hybridized carbons (Fsp3) is 0.400. The third kappa shape index (κ3) is 3.50. The summed E-state index contributed by atoms with van der Waals surface area (Å²) in [6, 6.07) is 17.7. The van der Waals surface area contributed by atoms with E-state index in [4.69, 9.17) is 0 Å². The summed E-state index contributed by atoms with van der Waals surface area (Å²) in [5, 5.41) is 2.89. The lowest BCUT2D eigenvalue weighted by molar-refractivity contribution is -0.140. The van der Waals surface area contributed by atoms with E-state index >= 15 is 0 Å². The van der Waals surface area contributed by atoms with Crippen molar-refractivity contribution in [2.24, 2.45) is 5.92 Å². The zero-order valence-corrected chi connectivity index (χ0v) is 17.5. The molecule has 4 amide bonds. The smallest absolute Gasteiger partial charge is 0.325 e. The fourth-order valence-corrected chi connectivity index (χ4v) is 5.30. The molecule has 2 aromatic carbocycles. The minimum Gasteiger partial charge on any atom is -0.341 e. The molecule has 2 fully saturated rings. The van der Waals surface area contributed by atoms with Crippen LogP contribution in [0.3, 0.4) is 0 Å².